The maximum Gasteiger partial charge on any atom is 0.320 e. The van der Waals surface area contributed by atoms with E-state index in [1.165, 1.54) is 16.7 Å². The number of ether oxygens (including phenoxy) is 2. The molecule has 0 aromatic heterocycles. The summed E-state index contributed by atoms with van der Waals surface area (Å²) in [6.07, 6.45) is 2.09. The number of nitrogens with zero attached hydrogens (tertiary/aromatic N) is 1. The SMILES string of the molecule is COc1ccc2c(c1)CC[C@H](CN(C)CC(=O)OCc1ccccc1)[C@@H]2c1ccccc1.Cl. The van der Waals surface area contributed by atoms with Crippen LogP contribution in [-0.4, -0.2) is 38.1 Å². The Morgan fingerprint density at radius 2 is 1.70 bits per heavy atom. The Morgan fingerprint density at radius 1 is 1.00 bits per heavy atom. The number of hydrogen-bond acceptors (Lipinski definition) is 4. The molecule has 0 N–H and O–H groups in total. The Bertz CT molecular complexity index is 1030. The van der Waals surface area contributed by atoms with Gasteiger partial charge in [-0.25, -0.2) is 0 Å². The third kappa shape index (κ3) is 6.37. The number of carbonyl (C=O) groups excluding carboxylic acids is 1. The fraction of sp³-hybridized carbons (Fsp3) is 0.321. The molecule has 33 heavy (non-hydrogen) atoms. The van der Waals surface area contributed by atoms with Gasteiger partial charge in [0.05, 0.1) is 13.7 Å². The zero-order valence-corrected chi connectivity index (χ0v) is 20.1. The van der Waals surface area contributed by atoms with Gasteiger partial charge in [-0.05, 0) is 60.2 Å². The van der Waals surface area contributed by atoms with Crippen LogP contribution in [0.1, 0.15) is 34.6 Å². The average Bonchev–Trinajstić information content (AvgIpc) is 2.83. The van der Waals surface area contributed by atoms with Crippen molar-refractivity contribution in [3.8, 4) is 5.75 Å². The molecule has 0 heterocycles. The first-order valence-corrected chi connectivity index (χ1v) is 11.2. The molecule has 4 nitrogen and oxygen atoms in total. The van der Waals surface area contributed by atoms with Gasteiger partial charge in [-0.1, -0.05) is 66.7 Å². The van der Waals surface area contributed by atoms with Crippen LogP contribution in [0.3, 0.4) is 0 Å². The third-order valence-electron chi connectivity index (χ3n) is 6.29. The fourth-order valence-corrected chi connectivity index (χ4v) is 4.77. The number of rotatable bonds is 8. The van der Waals surface area contributed by atoms with Gasteiger partial charge in [0.2, 0.25) is 0 Å². The standard InChI is InChI=1S/C28H31NO3.ClH/c1-29(19-27(30)32-20-21-9-5-3-6-10-21)18-24-14-13-23-17-25(31-2)15-16-26(23)28(24)22-11-7-4-8-12-22;/h3-12,15-17,24,28H,13-14,18-20H2,1-2H3;1H/t24-,28+;/m1./s1. The van der Waals surface area contributed by atoms with Crippen molar-refractivity contribution in [3.05, 3.63) is 101 Å². The molecular weight excluding hydrogens is 434 g/mol. The van der Waals surface area contributed by atoms with E-state index in [4.69, 9.17) is 9.47 Å². The van der Waals surface area contributed by atoms with E-state index in [1.54, 1.807) is 7.11 Å². The lowest BCUT2D eigenvalue weighted by atomic mass is 9.71. The van der Waals surface area contributed by atoms with Crippen LogP contribution in [0.15, 0.2) is 78.9 Å². The summed E-state index contributed by atoms with van der Waals surface area (Å²) in [4.78, 5) is 14.5. The van der Waals surface area contributed by atoms with E-state index in [1.807, 2.05) is 37.4 Å². The van der Waals surface area contributed by atoms with E-state index in [-0.39, 0.29) is 18.4 Å². The predicted octanol–water partition coefficient (Wildman–Crippen LogP) is 5.49. The van der Waals surface area contributed by atoms with Crippen molar-refractivity contribution in [1.82, 2.24) is 4.90 Å². The quantitative estimate of drug-likeness (QED) is 0.412. The number of halogens is 1. The molecule has 0 fully saturated rings. The molecule has 0 saturated carbocycles. The van der Waals surface area contributed by atoms with Crippen LogP contribution in [-0.2, 0) is 22.6 Å². The lowest BCUT2D eigenvalue weighted by Crippen LogP contribution is -2.36. The maximum absolute atomic E-state index is 12.4. The minimum Gasteiger partial charge on any atom is -0.497 e. The summed E-state index contributed by atoms with van der Waals surface area (Å²) in [6, 6.07) is 26.9. The van der Waals surface area contributed by atoms with E-state index in [0.717, 1.165) is 30.7 Å². The van der Waals surface area contributed by atoms with E-state index in [2.05, 4.69) is 53.4 Å². The molecule has 2 atom stereocenters. The van der Waals surface area contributed by atoms with E-state index in [0.29, 0.717) is 25.0 Å². The van der Waals surface area contributed by atoms with Gasteiger partial charge >= 0.3 is 5.97 Å². The number of methoxy groups -OCH3 is 1. The summed E-state index contributed by atoms with van der Waals surface area (Å²) in [7, 11) is 3.73. The zero-order valence-electron chi connectivity index (χ0n) is 19.3. The van der Waals surface area contributed by atoms with Gasteiger partial charge in [0.25, 0.3) is 0 Å². The van der Waals surface area contributed by atoms with Gasteiger partial charge in [-0.15, -0.1) is 12.4 Å². The Kier molecular flexibility index (Phi) is 8.93. The Morgan fingerprint density at radius 3 is 2.39 bits per heavy atom. The van der Waals surface area contributed by atoms with Crippen molar-refractivity contribution >= 4 is 18.4 Å². The number of fused-ring (bicyclic) bond motifs is 1. The Hall–Kier alpha value is -2.82. The molecule has 0 bridgehead atoms. The molecule has 0 aliphatic heterocycles. The first kappa shape index (κ1) is 24.8. The number of benzene rings is 3. The van der Waals surface area contributed by atoms with Crippen molar-refractivity contribution in [1.29, 1.82) is 0 Å². The molecule has 1 aliphatic rings. The number of hydrogen-bond donors (Lipinski definition) is 0. The van der Waals surface area contributed by atoms with Crippen LogP contribution < -0.4 is 4.74 Å². The van der Waals surface area contributed by atoms with Crippen LogP contribution in [0.2, 0.25) is 0 Å². The van der Waals surface area contributed by atoms with Gasteiger partial charge in [-0.2, -0.15) is 0 Å². The highest BCUT2D eigenvalue weighted by Crippen LogP contribution is 2.42. The molecular formula is C28H32ClNO3. The molecule has 4 rings (SSSR count). The van der Waals surface area contributed by atoms with E-state index in [9.17, 15) is 4.79 Å². The zero-order chi connectivity index (χ0) is 22.3. The van der Waals surface area contributed by atoms with Gasteiger partial charge < -0.3 is 9.47 Å². The topological polar surface area (TPSA) is 38.8 Å². The molecule has 0 saturated heterocycles. The van der Waals surface area contributed by atoms with Gasteiger partial charge in [-0.3, -0.25) is 9.69 Å². The highest BCUT2D eigenvalue weighted by atomic mass is 35.5. The number of likely N-dealkylation sites (N-methyl/N-ethyl adjacent to an activating group) is 1. The monoisotopic (exact) mass is 465 g/mol. The highest BCUT2D eigenvalue weighted by Gasteiger charge is 2.32. The second-order valence-corrected chi connectivity index (χ2v) is 8.59. The molecule has 3 aromatic carbocycles. The molecule has 0 amide bonds. The van der Waals surface area contributed by atoms with E-state index >= 15 is 0 Å². The van der Waals surface area contributed by atoms with Crippen LogP contribution in [0.5, 0.6) is 5.75 Å². The molecule has 0 unspecified atom stereocenters. The van der Waals surface area contributed by atoms with Crippen molar-refractivity contribution in [2.75, 3.05) is 27.2 Å². The fourth-order valence-electron chi connectivity index (χ4n) is 4.77. The van der Waals surface area contributed by atoms with Crippen LogP contribution in [0, 0.1) is 5.92 Å². The normalized spacial score (nSPS) is 17.1. The van der Waals surface area contributed by atoms with Crippen molar-refractivity contribution in [2.45, 2.75) is 25.4 Å². The lowest BCUT2D eigenvalue weighted by molar-refractivity contribution is -0.146. The smallest absolute Gasteiger partial charge is 0.320 e. The summed E-state index contributed by atoms with van der Waals surface area (Å²) in [5.74, 6) is 1.44. The van der Waals surface area contributed by atoms with Gasteiger partial charge in [0.1, 0.15) is 12.4 Å². The van der Waals surface area contributed by atoms with E-state index < -0.39 is 0 Å². The molecule has 0 spiro atoms. The summed E-state index contributed by atoms with van der Waals surface area (Å²) in [5, 5.41) is 0. The molecule has 174 valence electrons. The Balaban J connectivity index is 0.00000306. The van der Waals surface area contributed by atoms with Crippen LogP contribution in [0.25, 0.3) is 0 Å². The highest BCUT2D eigenvalue weighted by molar-refractivity contribution is 5.85. The maximum atomic E-state index is 12.4. The second kappa shape index (κ2) is 11.9. The van der Waals surface area contributed by atoms with Crippen molar-refractivity contribution < 1.29 is 14.3 Å². The molecule has 1 aliphatic carbocycles. The van der Waals surface area contributed by atoms with Crippen molar-refractivity contribution in [3.63, 3.8) is 0 Å². The second-order valence-electron chi connectivity index (χ2n) is 8.59. The van der Waals surface area contributed by atoms with Crippen LogP contribution in [0.4, 0.5) is 0 Å². The number of aryl methyl sites for hydroxylation is 1. The lowest BCUT2D eigenvalue weighted by Gasteiger charge is -2.36. The van der Waals surface area contributed by atoms with Gasteiger partial charge in [0, 0.05) is 12.5 Å². The minimum absolute atomic E-state index is 0. The molecule has 5 heteroatoms. The largest absolute Gasteiger partial charge is 0.497 e. The van der Waals surface area contributed by atoms with Gasteiger partial charge in [0.15, 0.2) is 0 Å². The first-order valence-electron chi connectivity index (χ1n) is 11.2. The summed E-state index contributed by atoms with van der Waals surface area (Å²) < 4.78 is 10.9. The summed E-state index contributed by atoms with van der Waals surface area (Å²) in [6.45, 7) is 1.45. The van der Waals surface area contributed by atoms with Crippen LogP contribution >= 0.6 is 12.4 Å². The number of esters is 1. The van der Waals surface area contributed by atoms with Crippen molar-refractivity contribution in [2.24, 2.45) is 5.92 Å². The number of carbonyl (C=O) groups is 1. The average molecular weight is 466 g/mol. The third-order valence-corrected chi connectivity index (χ3v) is 6.29. The summed E-state index contributed by atoms with van der Waals surface area (Å²) in [5.41, 5.74) is 5.06. The molecule has 0 radical (unpaired) electrons. The first-order chi connectivity index (χ1) is 15.6. The summed E-state index contributed by atoms with van der Waals surface area (Å²) >= 11 is 0. The Labute approximate surface area is 202 Å². The predicted molar refractivity (Wildman–Crippen MR) is 134 cm³/mol. The minimum atomic E-state index is -0.187. The molecule has 3 aromatic rings.